The topological polar surface area (TPSA) is 82.2 Å². The van der Waals surface area contributed by atoms with Crippen LogP contribution < -0.4 is 20.9 Å². The molecular formula is C22H28N6O. The number of hydrogen-bond acceptors (Lipinski definition) is 6. The van der Waals surface area contributed by atoms with E-state index in [1.165, 1.54) is 12.8 Å². The molecule has 2 fully saturated rings. The van der Waals surface area contributed by atoms with E-state index in [2.05, 4.69) is 26.9 Å². The molecule has 0 aliphatic carbocycles. The number of piperidine rings is 2. The van der Waals surface area contributed by atoms with Gasteiger partial charge in [-0.15, -0.1) is 0 Å². The van der Waals surface area contributed by atoms with Gasteiger partial charge >= 0.3 is 0 Å². The number of fused-ring (bicyclic) bond motifs is 1. The monoisotopic (exact) mass is 392 g/mol. The van der Waals surface area contributed by atoms with Gasteiger partial charge in [-0.2, -0.15) is 0 Å². The van der Waals surface area contributed by atoms with Crippen molar-refractivity contribution in [1.29, 1.82) is 0 Å². The molecular weight excluding hydrogens is 364 g/mol. The van der Waals surface area contributed by atoms with E-state index in [4.69, 9.17) is 9.97 Å². The molecule has 3 aliphatic rings. The fourth-order valence-electron chi connectivity index (χ4n) is 4.78. The average Bonchev–Trinajstić information content (AvgIpc) is 2.75. The van der Waals surface area contributed by atoms with E-state index in [-0.39, 0.29) is 5.91 Å². The van der Waals surface area contributed by atoms with Gasteiger partial charge in [0.05, 0.1) is 17.1 Å². The maximum Gasteiger partial charge on any atom is 0.250 e. The zero-order valence-corrected chi connectivity index (χ0v) is 16.9. The zero-order chi connectivity index (χ0) is 19.8. The quantitative estimate of drug-likeness (QED) is 0.729. The Hall–Kier alpha value is -2.67. The van der Waals surface area contributed by atoms with Crippen LogP contribution in [0.5, 0.6) is 0 Å². The lowest BCUT2D eigenvalue weighted by Gasteiger charge is -2.44. The van der Waals surface area contributed by atoms with E-state index in [9.17, 15) is 4.79 Å². The first-order valence-electron chi connectivity index (χ1n) is 10.6. The van der Waals surface area contributed by atoms with Gasteiger partial charge in [0.15, 0.2) is 0 Å². The fourth-order valence-corrected chi connectivity index (χ4v) is 4.78. The van der Waals surface area contributed by atoms with Crippen molar-refractivity contribution in [3.05, 3.63) is 41.9 Å². The third kappa shape index (κ3) is 3.44. The fraction of sp³-hybridized carbons (Fsp3) is 0.500. The number of amides is 1. The summed E-state index contributed by atoms with van der Waals surface area (Å²) in [5, 5.41) is 10.1. The Kier molecular flexibility index (Phi) is 4.62. The van der Waals surface area contributed by atoms with Gasteiger partial charge < -0.3 is 20.9 Å². The van der Waals surface area contributed by atoms with Gasteiger partial charge in [-0.1, -0.05) is 12.1 Å². The predicted molar refractivity (Wildman–Crippen MR) is 114 cm³/mol. The van der Waals surface area contributed by atoms with Crippen LogP contribution in [0.2, 0.25) is 0 Å². The van der Waals surface area contributed by atoms with Crippen LogP contribution in [0.15, 0.2) is 30.3 Å². The second kappa shape index (κ2) is 7.30. The molecule has 0 radical (unpaired) electrons. The Bertz CT molecular complexity index is 915. The van der Waals surface area contributed by atoms with Crippen molar-refractivity contribution in [1.82, 2.24) is 15.3 Å². The van der Waals surface area contributed by atoms with Crippen molar-refractivity contribution in [2.45, 2.75) is 44.1 Å². The van der Waals surface area contributed by atoms with Crippen LogP contribution in [-0.4, -0.2) is 47.6 Å². The van der Waals surface area contributed by atoms with Crippen LogP contribution in [-0.2, 0) is 4.79 Å². The first-order valence-corrected chi connectivity index (χ1v) is 10.6. The Morgan fingerprint density at radius 2 is 1.93 bits per heavy atom. The van der Waals surface area contributed by atoms with Crippen LogP contribution in [0, 0.1) is 6.92 Å². The first-order chi connectivity index (χ1) is 14.1. The molecule has 7 nitrogen and oxygen atoms in total. The van der Waals surface area contributed by atoms with Gasteiger partial charge in [-0.25, -0.2) is 9.97 Å². The van der Waals surface area contributed by atoms with E-state index in [1.54, 1.807) is 0 Å². The van der Waals surface area contributed by atoms with Gasteiger partial charge in [0, 0.05) is 31.6 Å². The molecule has 1 atom stereocenters. The van der Waals surface area contributed by atoms with Crippen molar-refractivity contribution in [3.8, 4) is 0 Å². The molecule has 1 spiro atoms. The Morgan fingerprint density at radius 1 is 1.14 bits per heavy atom. The summed E-state index contributed by atoms with van der Waals surface area (Å²) in [6.45, 7) is 5.65. The minimum absolute atomic E-state index is 0.0729. The van der Waals surface area contributed by atoms with Crippen molar-refractivity contribution >= 4 is 23.1 Å². The second-order valence-electron chi connectivity index (χ2n) is 8.44. The van der Waals surface area contributed by atoms with Crippen LogP contribution >= 0.6 is 0 Å². The van der Waals surface area contributed by atoms with E-state index < -0.39 is 5.54 Å². The highest BCUT2D eigenvalue weighted by molar-refractivity contribution is 6.06. The largest absolute Gasteiger partial charge is 0.369 e. The van der Waals surface area contributed by atoms with Crippen LogP contribution in [0.25, 0.3) is 0 Å². The molecule has 2 aromatic rings. The number of nitrogens with one attached hydrogen (secondary N) is 3. The number of carbonyl (C=O) groups excluding carboxylic acids is 1. The molecule has 3 N–H and O–H groups in total. The molecule has 0 saturated carbocycles. The molecule has 1 aromatic carbocycles. The third-order valence-corrected chi connectivity index (χ3v) is 6.48. The number of nitrogens with zero attached hydrogens (tertiary/aromatic N) is 3. The SMILES string of the molecule is Cc1nc(C2CCCNC2)cc(N2CCC3(CC2)Nc2ccccc2NC3=O)n1. The summed E-state index contributed by atoms with van der Waals surface area (Å²) in [4.78, 5) is 24.6. The minimum atomic E-state index is -0.539. The van der Waals surface area contributed by atoms with E-state index in [1.807, 2.05) is 31.2 Å². The summed E-state index contributed by atoms with van der Waals surface area (Å²) in [6, 6.07) is 10.1. The number of hydrogen-bond donors (Lipinski definition) is 3. The molecule has 3 aliphatic heterocycles. The number of aryl methyl sites for hydroxylation is 1. The van der Waals surface area contributed by atoms with Crippen molar-refractivity contribution in [2.75, 3.05) is 41.7 Å². The Labute approximate surface area is 171 Å². The number of rotatable bonds is 2. The predicted octanol–water partition coefficient (Wildman–Crippen LogP) is 2.66. The van der Waals surface area contributed by atoms with Gasteiger partial charge in [-0.3, -0.25) is 4.79 Å². The lowest BCUT2D eigenvalue weighted by Crippen LogP contribution is -2.58. The summed E-state index contributed by atoms with van der Waals surface area (Å²) in [5.74, 6) is 2.35. The second-order valence-corrected chi connectivity index (χ2v) is 8.44. The highest BCUT2D eigenvalue weighted by Crippen LogP contribution is 2.37. The molecule has 5 rings (SSSR count). The van der Waals surface area contributed by atoms with Gasteiger partial charge in [-0.05, 0) is 51.3 Å². The number of para-hydroxylation sites is 2. The van der Waals surface area contributed by atoms with Gasteiger partial charge in [0.2, 0.25) is 5.91 Å². The van der Waals surface area contributed by atoms with E-state index in [0.29, 0.717) is 5.92 Å². The standard InChI is InChI=1S/C22H28N6O/c1-15-24-19(16-5-4-10-23-14-16)13-20(25-15)28-11-8-22(9-12-28)21(29)26-17-6-2-3-7-18(17)27-22/h2-3,6-7,13,16,23,27H,4-5,8-12,14H2,1H3,(H,26,29). The van der Waals surface area contributed by atoms with Gasteiger partial charge in [0.25, 0.3) is 0 Å². The van der Waals surface area contributed by atoms with Gasteiger partial charge in [0.1, 0.15) is 17.2 Å². The Balaban J connectivity index is 1.33. The summed E-state index contributed by atoms with van der Waals surface area (Å²) >= 11 is 0. The zero-order valence-electron chi connectivity index (χ0n) is 16.9. The van der Waals surface area contributed by atoms with Crippen molar-refractivity contribution in [2.24, 2.45) is 0 Å². The van der Waals surface area contributed by atoms with Crippen LogP contribution in [0.3, 0.4) is 0 Å². The van der Waals surface area contributed by atoms with Crippen molar-refractivity contribution in [3.63, 3.8) is 0 Å². The highest BCUT2D eigenvalue weighted by Gasteiger charge is 2.44. The number of aromatic nitrogens is 2. The number of benzene rings is 1. The van der Waals surface area contributed by atoms with E-state index >= 15 is 0 Å². The highest BCUT2D eigenvalue weighted by atomic mass is 16.2. The number of anilines is 3. The third-order valence-electron chi connectivity index (χ3n) is 6.48. The summed E-state index contributed by atoms with van der Waals surface area (Å²) in [6.07, 6.45) is 3.86. The molecule has 7 heteroatoms. The molecule has 29 heavy (non-hydrogen) atoms. The summed E-state index contributed by atoms with van der Waals surface area (Å²) in [7, 11) is 0. The molecule has 1 unspecified atom stereocenters. The molecule has 1 amide bonds. The number of carbonyl (C=O) groups is 1. The molecule has 4 heterocycles. The van der Waals surface area contributed by atoms with E-state index in [0.717, 1.165) is 67.7 Å². The normalized spacial score (nSPS) is 23.3. The molecule has 1 aromatic heterocycles. The maximum absolute atomic E-state index is 12.9. The molecule has 2 saturated heterocycles. The van der Waals surface area contributed by atoms with Crippen LogP contribution in [0.1, 0.15) is 43.1 Å². The lowest BCUT2D eigenvalue weighted by atomic mass is 9.84. The maximum atomic E-state index is 12.9. The summed E-state index contributed by atoms with van der Waals surface area (Å²) in [5.41, 5.74) is 2.47. The molecule has 152 valence electrons. The van der Waals surface area contributed by atoms with Crippen LogP contribution in [0.4, 0.5) is 17.2 Å². The smallest absolute Gasteiger partial charge is 0.250 e. The van der Waals surface area contributed by atoms with Crippen molar-refractivity contribution < 1.29 is 4.79 Å². The average molecular weight is 393 g/mol. The first kappa shape index (κ1) is 18.4. The molecule has 0 bridgehead atoms. The minimum Gasteiger partial charge on any atom is -0.369 e. The summed E-state index contributed by atoms with van der Waals surface area (Å²) < 4.78 is 0. The Morgan fingerprint density at radius 3 is 2.69 bits per heavy atom. The lowest BCUT2D eigenvalue weighted by molar-refractivity contribution is -0.121.